The van der Waals surface area contributed by atoms with Crippen LogP contribution < -0.4 is 25.2 Å². The van der Waals surface area contributed by atoms with E-state index in [0.717, 1.165) is 35.8 Å². The van der Waals surface area contributed by atoms with Crippen molar-refractivity contribution in [1.82, 2.24) is 5.32 Å². The fourth-order valence-corrected chi connectivity index (χ4v) is 5.05. The number of benzene rings is 4. The summed E-state index contributed by atoms with van der Waals surface area (Å²) in [7, 11) is 1.67. The minimum Gasteiger partial charge on any atom is -0.495 e. The van der Waals surface area contributed by atoms with Gasteiger partial charge in [-0.25, -0.2) is 4.39 Å². The number of methoxy groups -OCH3 is 1. The molecule has 1 heterocycles. The van der Waals surface area contributed by atoms with E-state index in [1.54, 1.807) is 19.2 Å². The van der Waals surface area contributed by atoms with Gasteiger partial charge in [0.2, 0.25) is 0 Å². The van der Waals surface area contributed by atoms with Crippen LogP contribution in [0.2, 0.25) is 0 Å². The Hall–Kier alpha value is -4.85. The predicted molar refractivity (Wildman–Crippen MR) is 161 cm³/mol. The van der Waals surface area contributed by atoms with Gasteiger partial charge in [-0.3, -0.25) is 9.59 Å². The van der Waals surface area contributed by atoms with Gasteiger partial charge in [-0.2, -0.15) is 0 Å². The first-order valence-electron chi connectivity index (χ1n) is 13.6. The van der Waals surface area contributed by atoms with E-state index in [-0.39, 0.29) is 17.9 Å². The SMILES string of the molecule is COc1ccccc1N1CCN(c2ccc(NC(=O)c3ccc(F)cc3)cc2C(=O)NC(C)c2ccccc2)CC1. The lowest BCUT2D eigenvalue weighted by atomic mass is 10.1. The van der Waals surface area contributed by atoms with Crippen LogP contribution in [0.25, 0.3) is 0 Å². The van der Waals surface area contributed by atoms with Gasteiger partial charge >= 0.3 is 0 Å². The van der Waals surface area contributed by atoms with Crippen molar-refractivity contribution >= 4 is 28.9 Å². The molecular weight excluding hydrogens is 519 g/mol. The maximum Gasteiger partial charge on any atom is 0.255 e. The predicted octanol–water partition coefficient (Wildman–Crippen LogP) is 5.90. The minimum atomic E-state index is -0.414. The Morgan fingerprint density at radius 2 is 1.41 bits per heavy atom. The number of carbonyl (C=O) groups is 2. The first kappa shape index (κ1) is 27.7. The van der Waals surface area contributed by atoms with Gasteiger partial charge in [0.05, 0.1) is 24.4 Å². The number of amides is 2. The molecule has 2 N–H and O–H groups in total. The molecule has 1 saturated heterocycles. The summed E-state index contributed by atoms with van der Waals surface area (Å²) in [5.41, 5.74) is 4.11. The van der Waals surface area contributed by atoms with Crippen LogP contribution in [0.3, 0.4) is 0 Å². The number of carbonyl (C=O) groups excluding carboxylic acids is 2. The van der Waals surface area contributed by atoms with Gasteiger partial charge in [0, 0.05) is 43.1 Å². The Kier molecular flexibility index (Phi) is 8.48. The number of para-hydroxylation sites is 2. The van der Waals surface area contributed by atoms with Gasteiger partial charge in [0.15, 0.2) is 0 Å². The van der Waals surface area contributed by atoms with Crippen molar-refractivity contribution in [2.75, 3.05) is 48.4 Å². The molecule has 1 aliphatic rings. The zero-order valence-electron chi connectivity index (χ0n) is 23.1. The van der Waals surface area contributed by atoms with Crippen molar-refractivity contribution in [1.29, 1.82) is 0 Å². The van der Waals surface area contributed by atoms with E-state index in [2.05, 4.69) is 26.5 Å². The van der Waals surface area contributed by atoms with Crippen LogP contribution >= 0.6 is 0 Å². The van der Waals surface area contributed by atoms with Crippen molar-refractivity contribution in [2.24, 2.45) is 0 Å². The van der Waals surface area contributed by atoms with Crippen LogP contribution in [0.4, 0.5) is 21.5 Å². The fourth-order valence-electron chi connectivity index (χ4n) is 5.05. The number of rotatable bonds is 8. The molecule has 0 aromatic heterocycles. The maximum absolute atomic E-state index is 13.7. The number of halogens is 1. The number of hydrogen-bond acceptors (Lipinski definition) is 5. The fraction of sp³-hybridized carbons (Fsp3) is 0.212. The van der Waals surface area contributed by atoms with Crippen LogP contribution in [0.1, 0.15) is 39.2 Å². The monoisotopic (exact) mass is 552 g/mol. The number of piperazine rings is 1. The molecule has 1 atom stereocenters. The lowest BCUT2D eigenvalue weighted by molar-refractivity contribution is 0.0939. The maximum atomic E-state index is 13.7. The quantitative estimate of drug-likeness (QED) is 0.285. The number of anilines is 3. The topological polar surface area (TPSA) is 73.9 Å². The van der Waals surface area contributed by atoms with E-state index in [0.29, 0.717) is 29.9 Å². The van der Waals surface area contributed by atoms with E-state index in [1.165, 1.54) is 24.3 Å². The lowest BCUT2D eigenvalue weighted by Gasteiger charge is -2.38. The van der Waals surface area contributed by atoms with E-state index >= 15 is 0 Å². The summed E-state index contributed by atoms with van der Waals surface area (Å²) in [6.45, 7) is 4.86. The molecule has 2 amide bonds. The second-order valence-corrected chi connectivity index (χ2v) is 9.94. The van der Waals surface area contributed by atoms with Gasteiger partial charge in [-0.1, -0.05) is 42.5 Å². The summed E-state index contributed by atoms with van der Waals surface area (Å²) >= 11 is 0. The molecular formula is C33H33FN4O3. The molecule has 0 spiro atoms. The first-order chi connectivity index (χ1) is 19.9. The number of nitrogens with zero attached hydrogens (tertiary/aromatic N) is 2. The smallest absolute Gasteiger partial charge is 0.255 e. The largest absolute Gasteiger partial charge is 0.495 e. The highest BCUT2D eigenvalue weighted by atomic mass is 19.1. The molecule has 0 bridgehead atoms. The molecule has 210 valence electrons. The molecule has 0 radical (unpaired) electrons. The van der Waals surface area contributed by atoms with Crippen LogP contribution in [-0.4, -0.2) is 45.1 Å². The van der Waals surface area contributed by atoms with Crippen molar-refractivity contribution in [3.8, 4) is 5.75 Å². The minimum absolute atomic E-state index is 0.212. The molecule has 4 aromatic rings. The number of ether oxygens (including phenoxy) is 1. The number of hydrogen-bond donors (Lipinski definition) is 2. The zero-order valence-corrected chi connectivity index (χ0v) is 23.1. The summed E-state index contributed by atoms with van der Waals surface area (Å²) < 4.78 is 18.9. The van der Waals surface area contributed by atoms with Crippen molar-refractivity contribution in [3.05, 3.63) is 120 Å². The first-order valence-corrected chi connectivity index (χ1v) is 13.6. The Morgan fingerprint density at radius 1 is 0.780 bits per heavy atom. The van der Waals surface area contributed by atoms with Crippen LogP contribution in [0.5, 0.6) is 5.75 Å². The average Bonchev–Trinajstić information content (AvgIpc) is 3.01. The molecule has 41 heavy (non-hydrogen) atoms. The summed E-state index contributed by atoms with van der Waals surface area (Å²) in [5, 5.41) is 5.96. The molecule has 1 fully saturated rings. The third-order valence-corrected chi connectivity index (χ3v) is 7.30. The molecule has 1 unspecified atom stereocenters. The molecule has 8 heteroatoms. The lowest BCUT2D eigenvalue weighted by Crippen LogP contribution is -2.47. The van der Waals surface area contributed by atoms with E-state index < -0.39 is 5.82 Å². The molecule has 4 aromatic carbocycles. The molecule has 0 saturated carbocycles. The molecule has 1 aliphatic heterocycles. The molecule has 0 aliphatic carbocycles. The summed E-state index contributed by atoms with van der Waals surface area (Å²) in [5.74, 6) is -0.200. The second kappa shape index (κ2) is 12.6. The normalized spacial score (nSPS) is 13.8. The Bertz CT molecular complexity index is 1500. The standard InChI is InChI=1S/C33H33FN4O3/c1-23(24-8-4-3-5-9-24)35-33(40)28-22-27(36-32(39)25-12-14-26(34)15-13-25)16-17-29(28)37-18-20-38(21-19-37)30-10-6-7-11-31(30)41-2/h3-17,22-23H,18-21H2,1-2H3,(H,35,40)(H,36,39). The highest BCUT2D eigenvalue weighted by Gasteiger charge is 2.24. The van der Waals surface area contributed by atoms with Crippen molar-refractivity contribution < 1.29 is 18.7 Å². The average molecular weight is 553 g/mol. The van der Waals surface area contributed by atoms with Gasteiger partial charge in [-0.15, -0.1) is 0 Å². The highest BCUT2D eigenvalue weighted by molar-refractivity contribution is 6.06. The Morgan fingerprint density at radius 3 is 2.10 bits per heavy atom. The Balaban J connectivity index is 1.38. The van der Waals surface area contributed by atoms with E-state index in [1.807, 2.05) is 61.5 Å². The second-order valence-electron chi connectivity index (χ2n) is 9.94. The van der Waals surface area contributed by atoms with Crippen LogP contribution in [0.15, 0.2) is 97.1 Å². The summed E-state index contributed by atoms with van der Waals surface area (Å²) in [6.07, 6.45) is 0. The van der Waals surface area contributed by atoms with Gasteiger partial charge in [0.1, 0.15) is 11.6 Å². The van der Waals surface area contributed by atoms with Crippen molar-refractivity contribution in [3.63, 3.8) is 0 Å². The molecule has 7 nitrogen and oxygen atoms in total. The highest BCUT2D eigenvalue weighted by Crippen LogP contribution is 2.31. The van der Waals surface area contributed by atoms with Crippen LogP contribution in [0, 0.1) is 5.82 Å². The van der Waals surface area contributed by atoms with Gasteiger partial charge in [0.25, 0.3) is 11.8 Å². The van der Waals surface area contributed by atoms with Gasteiger partial charge in [-0.05, 0) is 67.1 Å². The third-order valence-electron chi connectivity index (χ3n) is 7.30. The van der Waals surface area contributed by atoms with Crippen LogP contribution in [-0.2, 0) is 0 Å². The summed E-state index contributed by atoms with van der Waals surface area (Å²) in [4.78, 5) is 31.0. The summed E-state index contributed by atoms with van der Waals surface area (Å²) in [6, 6.07) is 28.2. The molecule has 5 rings (SSSR count). The van der Waals surface area contributed by atoms with E-state index in [9.17, 15) is 14.0 Å². The van der Waals surface area contributed by atoms with E-state index in [4.69, 9.17) is 4.74 Å². The number of nitrogens with one attached hydrogen (secondary N) is 2. The Labute approximate surface area is 239 Å². The third kappa shape index (κ3) is 6.49. The van der Waals surface area contributed by atoms with Crippen molar-refractivity contribution in [2.45, 2.75) is 13.0 Å². The zero-order chi connectivity index (χ0) is 28.8. The van der Waals surface area contributed by atoms with Gasteiger partial charge < -0.3 is 25.2 Å².